The smallest absolute Gasteiger partial charge is 0.253 e. The van der Waals surface area contributed by atoms with Crippen LogP contribution in [0.1, 0.15) is 21.5 Å². The predicted octanol–water partition coefficient (Wildman–Crippen LogP) is 1.85. The number of hydrogen-bond acceptors (Lipinski definition) is 6. The lowest BCUT2D eigenvalue weighted by Gasteiger charge is -2.28. The molecule has 0 radical (unpaired) electrons. The minimum atomic E-state index is -0.00536. The summed E-state index contributed by atoms with van der Waals surface area (Å²) in [7, 11) is 5.46. The molecule has 0 bridgehead atoms. The van der Waals surface area contributed by atoms with Gasteiger partial charge in [0.25, 0.3) is 5.91 Å². The molecule has 2 aromatic rings. The SMILES string of the molecule is CN(C)C(=O)c1ccc(CCN(C)C2=C(N)NNC(c3ccccc3O)=C2)cc1. The van der Waals surface area contributed by atoms with Crippen molar-refractivity contribution < 1.29 is 9.90 Å². The van der Waals surface area contributed by atoms with Gasteiger partial charge < -0.3 is 20.6 Å². The van der Waals surface area contributed by atoms with Gasteiger partial charge in [0.1, 0.15) is 11.6 Å². The number of likely N-dealkylation sites (N-methyl/N-ethyl adjacent to an activating group) is 1. The number of nitrogens with one attached hydrogen (secondary N) is 2. The monoisotopic (exact) mass is 393 g/mol. The maximum absolute atomic E-state index is 12.0. The second-order valence-electron chi connectivity index (χ2n) is 7.19. The van der Waals surface area contributed by atoms with Crippen molar-refractivity contribution >= 4 is 11.6 Å². The average molecular weight is 393 g/mol. The van der Waals surface area contributed by atoms with Crippen LogP contribution in [-0.2, 0) is 6.42 Å². The highest BCUT2D eigenvalue weighted by molar-refractivity contribution is 5.93. The van der Waals surface area contributed by atoms with Gasteiger partial charge in [0.2, 0.25) is 0 Å². The van der Waals surface area contributed by atoms with Crippen LogP contribution in [0, 0.1) is 0 Å². The molecular formula is C22H27N5O2. The van der Waals surface area contributed by atoms with E-state index in [0.29, 0.717) is 16.9 Å². The summed E-state index contributed by atoms with van der Waals surface area (Å²) in [5.74, 6) is 0.704. The lowest BCUT2D eigenvalue weighted by molar-refractivity contribution is 0.0827. The fourth-order valence-corrected chi connectivity index (χ4v) is 3.10. The zero-order chi connectivity index (χ0) is 21.0. The summed E-state index contributed by atoms with van der Waals surface area (Å²) < 4.78 is 0. The highest BCUT2D eigenvalue weighted by Crippen LogP contribution is 2.26. The highest BCUT2D eigenvalue weighted by Gasteiger charge is 2.17. The first-order valence-electron chi connectivity index (χ1n) is 9.40. The molecule has 29 heavy (non-hydrogen) atoms. The first-order chi connectivity index (χ1) is 13.9. The highest BCUT2D eigenvalue weighted by atomic mass is 16.3. The third-order valence-corrected chi connectivity index (χ3v) is 4.84. The van der Waals surface area contributed by atoms with Crippen LogP contribution < -0.4 is 16.6 Å². The minimum absolute atomic E-state index is 0.00536. The van der Waals surface area contributed by atoms with Crippen LogP contribution in [0.15, 0.2) is 66.1 Å². The predicted molar refractivity (Wildman–Crippen MR) is 114 cm³/mol. The molecule has 0 unspecified atom stereocenters. The van der Waals surface area contributed by atoms with Crippen molar-refractivity contribution in [1.29, 1.82) is 0 Å². The number of phenols is 1. The number of allylic oxidation sites excluding steroid dienone is 1. The Bertz CT molecular complexity index is 948. The maximum Gasteiger partial charge on any atom is 0.253 e. The van der Waals surface area contributed by atoms with E-state index in [0.717, 1.165) is 29.9 Å². The molecule has 5 N–H and O–H groups in total. The first-order valence-corrected chi connectivity index (χ1v) is 9.40. The fourth-order valence-electron chi connectivity index (χ4n) is 3.10. The molecule has 2 aromatic carbocycles. The maximum atomic E-state index is 12.0. The number of nitrogens with two attached hydrogens (primary N) is 1. The van der Waals surface area contributed by atoms with Crippen LogP contribution >= 0.6 is 0 Å². The summed E-state index contributed by atoms with van der Waals surface area (Å²) in [6.45, 7) is 0.739. The van der Waals surface area contributed by atoms with Crippen LogP contribution in [0.4, 0.5) is 0 Å². The summed E-state index contributed by atoms with van der Waals surface area (Å²) in [6, 6.07) is 14.8. The van der Waals surface area contributed by atoms with Crippen molar-refractivity contribution in [1.82, 2.24) is 20.7 Å². The Labute approximate surface area is 171 Å². The molecule has 1 heterocycles. The molecule has 152 valence electrons. The summed E-state index contributed by atoms with van der Waals surface area (Å²) in [5.41, 5.74) is 16.2. The van der Waals surface area contributed by atoms with Crippen molar-refractivity contribution in [3.8, 4) is 5.75 Å². The molecule has 0 saturated heterocycles. The van der Waals surface area contributed by atoms with E-state index in [4.69, 9.17) is 5.73 Å². The Morgan fingerprint density at radius 3 is 2.38 bits per heavy atom. The molecule has 0 saturated carbocycles. The zero-order valence-electron chi connectivity index (χ0n) is 16.9. The molecule has 3 rings (SSSR count). The van der Waals surface area contributed by atoms with E-state index in [-0.39, 0.29) is 11.7 Å². The normalized spacial score (nSPS) is 13.3. The van der Waals surface area contributed by atoms with Crippen molar-refractivity contribution in [2.24, 2.45) is 5.73 Å². The Morgan fingerprint density at radius 1 is 1.03 bits per heavy atom. The van der Waals surface area contributed by atoms with Gasteiger partial charge in [-0.2, -0.15) is 0 Å². The second-order valence-corrected chi connectivity index (χ2v) is 7.19. The number of carbonyl (C=O) groups is 1. The molecule has 0 atom stereocenters. The topological polar surface area (TPSA) is 93.9 Å². The molecule has 0 aliphatic carbocycles. The number of aromatic hydroxyl groups is 1. The number of rotatable bonds is 6. The first kappa shape index (κ1) is 20.1. The lowest BCUT2D eigenvalue weighted by atomic mass is 10.1. The molecule has 1 aliphatic heterocycles. The molecule has 1 amide bonds. The number of benzene rings is 2. The van der Waals surface area contributed by atoms with E-state index in [1.165, 1.54) is 0 Å². The Kier molecular flexibility index (Phi) is 5.97. The number of nitrogens with zero attached hydrogens (tertiary/aromatic N) is 2. The summed E-state index contributed by atoms with van der Waals surface area (Å²) >= 11 is 0. The zero-order valence-corrected chi connectivity index (χ0v) is 16.9. The van der Waals surface area contributed by atoms with E-state index in [1.54, 1.807) is 31.1 Å². The van der Waals surface area contributed by atoms with Gasteiger partial charge in [-0.1, -0.05) is 24.3 Å². The number of amides is 1. The van der Waals surface area contributed by atoms with E-state index < -0.39 is 0 Å². The Balaban J connectivity index is 1.69. The molecule has 1 aliphatic rings. The fraction of sp³-hybridized carbons (Fsp3) is 0.227. The van der Waals surface area contributed by atoms with E-state index in [1.807, 2.05) is 49.5 Å². The Hall–Kier alpha value is -3.61. The molecule has 7 nitrogen and oxygen atoms in total. The number of para-hydroxylation sites is 1. The largest absolute Gasteiger partial charge is 0.507 e. The van der Waals surface area contributed by atoms with Crippen molar-refractivity contribution in [3.63, 3.8) is 0 Å². The lowest BCUT2D eigenvalue weighted by Crippen LogP contribution is -2.40. The van der Waals surface area contributed by atoms with Crippen molar-refractivity contribution in [2.75, 3.05) is 27.7 Å². The van der Waals surface area contributed by atoms with Gasteiger partial charge >= 0.3 is 0 Å². The summed E-state index contributed by atoms with van der Waals surface area (Å²) in [6.07, 6.45) is 2.72. The molecule has 0 aromatic heterocycles. The summed E-state index contributed by atoms with van der Waals surface area (Å²) in [4.78, 5) is 15.6. The molecule has 0 fully saturated rings. The van der Waals surface area contributed by atoms with Crippen LogP contribution in [0.3, 0.4) is 0 Å². The van der Waals surface area contributed by atoms with E-state index in [9.17, 15) is 9.90 Å². The van der Waals surface area contributed by atoms with Crippen LogP contribution in [-0.4, -0.2) is 48.5 Å². The van der Waals surface area contributed by atoms with Gasteiger partial charge in [-0.3, -0.25) is 15.6 Å². The van der Waals surface area contributed by atoms with E-state index in [2.05, 4.69) is 15.8 Å². The summed E-state index contributed by atoms with van der Waals surface area (Å²) in [5, 5.41) is 10.1. The van der Waals surface area contributed by atoms with Gasteiger partial charge in [-0.15, -0.1) is 0 Å². The molecular weight excluding hydrogens is 366 g/mol. The third kappa shape index (κ3) is 4.63. The Morgan fingerprint density at radius 2 is 1.72 bits per heavy atom. The van der Waals surface area contributed by atoms with E-state index >= 15 is 0 Å². The number of hydrazine groups is 1. The third-order valence-electron chi connectivity index (χ3n) is 4.84. The molecule has 7 heteroatoms. The minimum Gasteiger partial charge on any atom is -0.507 e. The number of carbonyl (C=O) groups excluding carboxylic acids is 1. The van der Waals surface area contributed by atoms with Gasteiger partial charge in [0.05, 0.1) is 11.4 Å². The van der Waals surface area contributed by atoms with Crippen LogP contribution in [0.2, 0.25) is 0 Å². The van der Waals surface area contributed by atoms with Gasteiger partial charge in [0, 0.05) is 38.8 Å². The van der Waals surface area contributed by atoms with Crippen LogP contribution in [0.5, 0.6) is 5.75 Å². The average Bonchev–Trinajstić information content (AvgIpc) is 2.72. The second kappa shape index (κ2) is 8.60. The van der Waals surface area contributed by atoms with Gasteiger partial charge in [-0.05, 0) is 42.3 Å². The number of hydrogen-bond donors (Lipinski definition) is 4. The standard InChI is InChI=1S/C22H27N5O2/c1-26(2)22(29)16-10-8-15(9-11-16)12-13-27(3)19-14-18(24-25-21(19)23)17-6-4-5-7-20(17)28/h4-11,14,24-25,28H,12-13,23H2,1-3H3. The van der Waals surface area contributed by atoms with Gasteiger partial charge in [0.15, 0.2) is 0 Å². The number of phenolic OH excluding ortho intramolecular Hbond substituents is 1. The van der Waals surface area contributed by atoms with Crippen molar-refractivity contribution in [3.05, 3.63) is 82.8 Å². The quantitative estimate of drug-likeness (QED) is 0.598. The van der Waals surface area contributed by atoms with Crippen LogP contribution in [0.25, 0.3) is 5.70 Å². The van der Waals surface area contributed by atoms with Gasteiger partial charge in [-0.25, -0.2) is 0 Å². The molecule has 0 spiro atoms. The van der Waals surface area contributed by atoms with Crippen molar-refractivity contribution in [2.45, 2.75) is 6.42 Å².